The molecule has 33 heavy (non-hydrogen) atoms. The van der Waals surface area contributed by atoms with Crippen molar-refractivity contribution in [3.63, 3.8) is 0 Å². The van der Waals surface area contributed by atoms with Gasteiger partial charge in [-0.2, -0.15) is 0 Å². The molecule has 0 aliphatic carbocycles. The number of nitrogens with zero attached hydrogens (tertiary/aromatic N) is 3. The Balaban J connectivity index is 1.67. The van der Waals surface area contributed by atoms with Crippen LogP contribution < -0.4 is 10.9 Å². The van der Waals surface area contributed by atoms with E-state index >= 15 is 0 Å². The van der Waals surface area contributed by atoms with Crippen molar-refractivity contribution in [2.45, 2.75) is 5.16 Å². The minimum absolute atomic E-state index is 0.00278. The number of nitro benzene ring substituents is 1. The van der Waals surface area contributed by atoms with E-state index in [1.165, 1.54) is 30.3 Å². The first-order valence-electron chi connectivity index (χ1n) is 9.48. The molecule has 0 bridgehead atoms. The van der Waals surface area contributed by atoms with Crippen LogP contribution in [-0.2, 0) is 4.79 Å². The van der Waals surface area contributed by atoms with Crippen LogP contribution in [0.4, 0.5) is 15.8 Å². The van der Waals surface area contributed by atoms with Gasteiger partial charge in [-0.25, -0.2) is 9.37 Å². The number of para-hydroxylation sites is 2. The van der Waals surface area contributed by atoms with Gasteiger partial charge in [0.15, 0.2) is 5.16 Å². The predicted octanol–water partition coefficient (Wildman–Crippen LogP) is 4.82. The van der Waals surface area contributed by atoms with E-state index in [2.05, 4.69) is 10.3 Å². The molecule has 4 aromatic rings. The molecular formula is C22H14ClFN4O4S. The lowest BCUT2D eigenvalue weighted by atomic mass is 10.2. The van der Waals surface area contributed by atoms with Crippen molar-refractivity contribution >= 4 is 51.5 Å². The van der Waals surface area contributed by atoms with Gasteiger partial charge in [0.2, 0.25) is 5.91 Å². The zero-order chi connectivity index (χ0) is 23.5. The fourth-order valence-corrected chi connectivity index (χ4v) is 4.10. The summed E-state index contributed by atoms with van der Waals surface area (Å²) in [5.74, 6) is -1.44. The van der Waals surface area contributed by atoms with Crippen molar-refractivity contribution in [1.29, 1.82) is 0 Å². The van der Waals surface area contributed by atoms with Crippen molar-refractivity contribution in [2.24, 2.45) is 0 Å². The van der Waals surface area contributed by atoms with E-state index in [4.69, 9.17) is 11.6 Å². The lowest BCUT2D eigenvalue weighted by Crippen LogP contribution is -2.23. The lowest BCUT2D eigenvalue weighted by molar-refractivity contribution is -0.383. The van der Waals surface area contributed by atoms with Crippen LogP contribution in [0.2, 0.25) is 5.02 Å². The van der Waals surface area contributed by atoms with Crippen molar-refractivity contribution in [2.75, 3.05) is 11.1 Å². The van der Waals surface area contributed by atoms with Crippen LogP contribution in [-0.4, -0.2) is 26.1 Å². The molecule has 1 amide bonds. The highest BCUT2D eigenvalue weighted by atomic mass is 35.5. The number of nitro groups is 1. The maximum Gasteiger partial charge on any atom is 0.294 e. The highest BCUT2D eigenvalue weighted by Crippen LogP contribution is 2.28. The number of rotatable bonds is 6. The van der Waals surface area contributed by atoms with Crippen LogP contribution in [0.3, 0.4) is 0 Å². The Morgan fingerprint density at radius 3 is 2.64 bits per heavy atom. The normalized spacial score (nSPS) is 10.8. The Bertz CT molecular complexity index is 1460. The molecule has 0 unspecified atom stereocenters. The summed E-state index contributed by atoms with van der Waals surface area (Å²) in [7, 11) is 0. The molecule has 0 fully saturated rings. The van der Waals surface area contributed by atoms with Gasteiger partial charge in [0.25, 0.3) is 11.2 Å². The van der Waals surface area contributed by atoms with Gasteiger partial charge in [-0.05, 0) is 36.4 Å². The molecule has 3 aromatic carbocycles. The third kappa shape index (κ3) is 4.71. The SMILES string of the molecule is O=C(CSc1nc2ccccc2c(=O)n1-c1ccccc1F)Nc1ccc(Cl)cc1[N+](=O)[O-]. The van der Waals surface area contributed by atoms with Gasteiger partial charge in [0.1, 0.15) is 11.5 Å². The average molecular weight is 485 g/mol. The number of carbonyl (C=O) groups excluding carboxylic acids is 1. The molecule has 1 heterocycles. The van der Waals surface area contributed by atoms with E-state index in [0.29, 0.717) is 10.9 Å². The molecule has 4 rings (SSSR count). The summed E-state index contributed by atoms with van der Waals surface area (Å²) in [4.78, 5) is 40.7. The second-order valence-electron chi connectivity index (χ2n) is 6.76. The van der Waals surface area contributed by atoms with Gasteiger partial charge < -0.3 is 5.32 Å². The summed E-state index contributed by atoms with van der Waals surface area (Å²) in [6.45, 7) is 0. The number of fused-ring (bicyclic) bond motifs is 1. The first kappa shape index (κ1) is 22.4. The summed E-state index contributed by atoms with van der Waals surface area (Å²) in [6.07, 6.45) is 0. The fourth-order valence-electron chi connectivity index (χ4n) is 3.13. The number of hydrogen-bond donors (Lipinski definition) is 1. The minimum Gasteiger partial charge on any atom is -0.320 e. The third-order valence-corrected chi connectivity index (χ3v) is 5.77. The van der Waals surface area contributed by atoms with Crippen molar-refractivity contribution in [3.05, 3.63) is 98.0 Å². The zero-order valence-electron chi connectivity index (χ0n) is 16.7. The van der Waals surface area contributed by atoms with E-state index < -0.39 is 22.2 Å². The first-order valence-corrected chi connectivity index (χ1v) is 10.8. The highest BCUT2D eigenvalue weighted by molar-refractivity contribution is 7.99. The molecule has 166 valence electrons. The summed E-state index contributed by atoms with van der Waals surface area (Å²) >= 11 is 6.70. The van der Waals surface area contributed by atoms with Crippen molar-refractivity contribution in [1.82, 2.24) is 9.55 Å². The van der Waals surface area contributed by atoms with Crippen molar-refractivity contribution < 1.29 is 14.1 Å². The molecule has 0 aliphatic heterocycles. The molecule has 8 nitrogen and oxygen atoms in total. The Kier molecular flexibility index (Phi) is 6.38. The molecule has 0 atom stereocenters. The van der Waals surface area contributed by atoms with E-state index in [1.54, 1.807) is 30.3 Å². The number of amides is 1. The van der Waals surface area contributed by atoms with E-state index in [0.717, 1.165) is 22.4 Å². The van der Waals surface area contributed by atoms with E-state index in [-0.39, 0.29) is 33.0 Å². The molecule has 0 spiro atoms. The topological polar surface area (TPSA) is 107 Å². The molecule has 0 aliphatic rings. The number of carbonyl (C=O) groups is 1. The lowest BCUT2D eigenvalue weighted by Gasteiger charge is -2.14. The van der Waals surface area contributed by atoms with Crippen LogP contribution in [0.1, 0.15) is 0 Å². The van der Waals surface area contributed by atoms with Crippen LogP contribution in [0, 0.1) is 15.9 Å². The minimum atomic E-state index is -0.657. The highest BCUT2D eigenvalue weighted by Gasteiger charge is 2.19. The second-order valence-corrected chi connectivity index (χ2v) is 8.14. The van der Waals surface area contributed by atoms with Crippen LogP contribution >= 0.6 is 23.4 Å². The van der Waals surface area contributed by atoms with Crippen LogP contribution in [0.5, 0.6) is 0 Å². The van der Waals surface area contributed by atoms with E-state index in [9.17, 15) is 24.1 Å². The molecule has 1 aromatic heterocycles. The van der Waals surface area contributed by atoms with Gasteiger partial charge in [0, 0.05) is 11.1 Å². The molecule has 11 heteroatoms. The number of halogens is 2. The van der Waals surface area contributed by atoms with Gasteiger partial charge in [-0.15, -0.1) is 0 Å². The first-order chi connectivity index (χ1) is 15.8. The van der Waals surface area contributed by atoms with Gasteiger partial charge in [0.05, 0.1) is 27.3 Å². The molecule has 0 saturated carbocycles. The molecule has 1 N–H and O–H groups in total. The Hall–Kier alpha value is -3.76. The Morgan fingerprint density at radius 1 is 1.15 bits per heavy atom. The maximum absolute atomic E-state index is 14.5. The summed E-state index contributed by atoms with van der Waals surface area (Å²) in [5, 5.41) is 14.3. The Labute approximate surface area is 195 Å². The standard InChI is InChI=1S/C22H14ClFN4O4S/c23-13-9-10-17(19(11-13)28(31)32)25-20(29)12-33-22-26-16-7-3-1-5-14(16)21(30)27(22)18-8-4-2-6-15(18)24/h1-11H,12H2,(H,25,29). The predicted molar refractivity (Wildman–Crippen MR) is 125 cm³/mol. The summed E-state index contributed by atoms with van der Waals surface area (Å²) in [6, 6.07) is 16.2. The van der Waals surface area contributed by atoms with E-state index in [1.807, 2.05) is 0 Å². The third-order valence-electron chi connectivity index (χ3n) is 4.60. The molecular weight excluding hydrogens is 471 g/mol. The fraction of sp³-hybridized carbons (Fsp3) is 0.0455. The number of anilines is 1. The second kappa shape index (κ2) is 9.39. The number of nitrogens with one attached hydrogen (secondary N) is 1. The largest absolute Gasteiger partial charge is 0.320 e. The maximum atomic E-state index is 14.5. The number of benzene rings is 3. The summed E-state index contributed by atoms with van der Waals surface area (Å²) in [5.41, 5.74) is -0.466. The quantitative estimate of drug-likeness (QED) is 0.182. The Morgan fingerprint density at radius 2 is 1.88 bits per heavy atom. The number of thioether (sulfide) groups is 1. The zero-order valence-corrected chi connectivity index (χ0v) is 18.3. The van der Waals surface area contributed by atoms with Gasteiger partial charge in [-0.1, -0.05) is 47.6 Å². The van der Waals surface area contributed by atoms with Gasteiger partial charge in [-0.3, -0.25) is 24.3 Å². The van der Waals surface area contributed by atoms with Crippen molar-refractivity contribution in [3.8, 4) is 5.69 Å². The number of aromatic nitrogens is 2. The smallest absolute Gasteiger partial charge is 0.294 e. The van der Waals surface area contributed by atoms with Crippen LogP contribution in [0.25, 0.3) is 16.6 Å². The molecule has 0 saturated heterocycles. The van der Waals surface area contributed by atoms with Crippen LogP contribution in [0.15, 0.2) is 76.7 Å². The summed E-state index contributed by atoms with van der Waals surface area (Å²) < 4.78 is 15.6. The molecule has 0 radical (unpaired) electrons. The number of hydrogen-bond acceptors (Lipinski definition) is 6. The van der Waals surface area contributed by atoms with Gasteiger partial charge >= 0.3 is 0 Å². The monoisotopic (exact) mass is 484 g/mol. The average Bonchev–Trinajstić information content (AvgIpc) is 2.79.